The number of urea groups is 1. The number of amidine groups is 1. The van der Waals surface area contributed by atoms with Crippen LogP contribution in [0.5, 0.6) is 0 Å². The molecule has 0 fully saturated rings. The van der Waals surface area contributed by atoms with Crippen LogP contribution in [-0.4, -0.2) is 223 Å². The summed E-state index contributed by atoms with van der Waals surface area (Å²) in [4.78, 5) is 82.8. The van der Waals surface area contributed by atoms with Crippen molar-refractivity contribution in [3.63, 3.8) is 0 Å². The van der Waals surface area contributed by atoms with Gasteiger partial charge in [0, 0.05) is 61.5 Å². The number of amides is 7. The Hall–Kier alpha value is -5.45. The minimum atomic E-state index is -0.594. The summed E-state index contributed by atoms with van der Waals surface area (Å²) in [6.07, 6.45) is 4.65. The van der Waals surface area contributed by atoms with E-state index < -0.39 is 29.7 Å². The Morgan fingerprint density at radius 2 is 1.04 bits per heavy atom. The van der Waals surface area contributed by atoms with Crippen LogP contribution in [0.3, 0.4) is 0 Å². The molecule has 0 radical (unpaired) electrons. The van der Waals surface area contributed by atoms with Crippen molar-refractivity contribution in [2.24, 2.45) is 16.5 Å². The molecular formula is C46H72N8O17. The Balaban J connectivity index is 0.982. The van der Waals surface area contributed by atoms with Crippen LogP contribution in [0.15, 0.2) is 40.9 Å². The lowest BCUT2D eigenvalue weighted by molar-refractivity contribution is -0.181. The Morgan fingerprint density at radius 1 is 0.620 bits per heavy atom. The van der Waals surface area contributed by atoms with Gasteiger partial charge >= 0.3 is 6.03 Å². The Kier molecular flexibility index (Phi) is 32.3. The Bertz CT molecular complexity index is 1830. The zero-order valence-electron chi connectivity index (χ0n) is 40.7. The van der Waals surface area contributed by atoms with Crippen LogP contribution in [0.1, 0.15) is 35.7 Å². The SMILES string of the molecule is CCCN(OCCNC(=O)NCCOCCOCCOCCOCCOCCOCCOCCOCCOCCOCCNC(=O)CN1C(=O)C=CC1=O)C(=O)C1=Cc2ccc(C(N)=O)cc2N=C(N)C1. The van der Waals surface area contributed by atoms with E-state index in [4.69, 9.17) is 63.7 Å². The molecule has 0 aromatic heterocycles. The van der Waals surface area contributed by atoms with Crippen molar-refractivity contribution in [3.8, 4) is 0 Å². The number of hydroxylamine groups is 2. The highest BCUT2D eigenvalue weighted by molar-refractivity contribution is 6.14. The first kappa shape index (κ1) is 59.9. The quantitative estimate of drug-likeness (QED) is 0.0305. The van der Waals surface area contributed by atoms with Gasteiger partial charge in [0.15, 0.2) is 0 Å². The fourth-order valence-electron chi connectivity index (χ4n) is 6.02. The first-order valence-corrected chi connectivity index (χ1v) is 23.6. The number of nitrogens with zero attached hydrogens (tertiary/aromatic N) is 3. The largest absolute Gasteiger partial charge is 0.387 e. The van der Waals surface area contributed by atoms with E-state index in [1.54, 1.807) is 18.2 Å². The molecule has 0 unspecified atom stereocenters. The summed E-state index contributed by atoms with van der Waals surface area (Å²) < 4.78 is 54.7. The third-order valence-electron chi connectivity index (χ3n) is 9.49. The van der Waals surface area contributed by atoms with Crippen LogP contribution in [0.4, 0.5) is 10.5 Å². The van der Waals surface area contributed by atoms with Gasteiger partial charge in [-0.1, -0.05) is 13.0 Å². The van der Waals surface area contributed by atoms with Crippen molar-refractivity contribution in [1.82, 2.24) is 25.9 Å². The van der Waals surface area contributed by atoms with Crippen LogP contribution in [0.25, 0.3) is 6.08 Å². The molecule has 7 N–H and O–H groups in total. The summed E-state index contributed by atoms with van der Waals surface area (Å²) >= 11 is 0. The Morgan fingerprint density at radius 3 is 1.48 bits per heavy atom. The predicted octanol–water partition coefficient (Wildman–Crippen LogP) is -0.762. The zero-order valence-corrected chi connectivity index (χ0v) is 40.7. The van der Waals surface area contributed by atoms with Gasteiger partial charge in [0.2, 0.25) is 11.8 Å². The second-order valence-electron chi connectivity index (χ2n) is 15.1. The molecule has 2 aliphatic heterocycles. The minimum Gasteiger partial charge on any atom is -0.387 e. The molecule has 2 heterocycles. The lowest BCUT2D eigenvalue weighted by Crippen LogP contribution is -2.41. The molecule has 398 valence electrons. The minimum absolute atomic E-state index is 0.0536. The number of hydrogen-bond acceptors (Lipinski definition) is 19. The zero-order chi connectivity index (χ0) is 51.2. The molecule has 3 rings (SSSR count). The summed E-state index contributed by atoms with van der Waals surface area (Å²) in [5.41, 5.74) is 13.2. The number of imide groups is 1. The molecule has 71 heavy (non-hydrogen) atoms. The van der Waals surface area contributed by atoms with E-state index in [1.807, 2.05) is 6.92 Å². The molecule has 0 saturated carbocycles. The number of fused-ring (bicyclic) bond motifs is 1. The van der Waals surface area contributed by atoms with Gasteiger partial charge in [-0.2, -0.15) is 0 Å². The molecule has 0 spiro atoms. The van der Waals surface area contributed by atoms with Gasteiger partial charge in [-0.15, -0.1) is 0 Å². The molecule has 0 atom stereocenters. The van der Waals surface area contributed by atoms with Crippen molar-refractivity contribution in [1.29, 1.82) is 0 Å². The van der Waals surface area contributed by atoms with Crippen molar-refractivity contribution in [3.05, 3.63) is 47.1 Å². The highest BCUT2D eigenvalue weighted by Crippen LogP contribution is 2.28. The standard InChI is InChI=1S/C46H72N8O17/c1-2-10-54(45(59)38-32-36-3-4-37(44(48)58)33-39(36)52-40(47)34-38)71-13-9-51-46(60)50-8-12-62-15-17-64-19-21-66-23-25-68-27-29-70-31-30-69-28-26-67-24-22-65-20-18-63-16-14-61-11-7-49-41(55)35-53-42(56)5-6-43(53)57/h3-6,32-33H,2,7-31,34-35H2,1H3,(H2,47,52)(H2,48,58)(H,49,55)(H2,50,51,60). The summed E-state index contributed by atoms with van der Waals surface area (Å²) in [5.74, 6) is -2.21. The number of nitrogens with two attached hydrogens (primary N) is 2. The molecule has 0 aliphatic carbocycles. The number of benzene rings is 1. The van der Waals surface area contributed by atoms with Crippen LogP contribution < -0.4 is 27.4 Å². The van der Waals surface area contributed by atoms with Crippen LogP contribution >= 0.6 is 0 Å². The average molecular weight is 1010 g/mol. The molecule has 25 heteroatoms. The Labute approximate surface area is 414 Å². The monoisotopic (exact) mass is 1010 g/mol. The first-order chi connectivity index (χ1) is 34.6. The van der Waals surface area contributed by atoms with Crippen molar-refractivity contribution in [2.75, 3.05) is 171 Å². The van der Waals surface area contributed by atoms with Gasteiger partial charge in [0.25, 0.3) is 17.7 Å². The molecule has 1 aromatic rings. The molecule has 2 aliphatic rings. The van der Waals surface area contributed by atoms with E-state index >= 15 is 0 Å². The third kappa shape index (κ3) is 27.7. The van der Waals surface area contributed by atoms with E-state index in [2.05, 4.69) is 20.9 Å². The number of aliphatic imine (C=N–C) groups is 1. The van der Waals surface area contributed by atoms with Crippen molar-refractivity contribution < 1.29 is 81.0 Å². The smallest absolute Gasteiger partial charge is 0.314 e. The second-order valence-corrected chi connectivity index (χ2v) is 15.1. The first-order valence-electron chi connectivity index (χ1n) is 23.6. The fourth-order valence-corrected chi connectivity index (χ4v) is 6.02. The van der Waals surface area contributed by atoms with Crippen LogP contribution in [0.2, 0.25) is 0 Å². The van der Waals surface area contributed by atoms with Gasteiger partial charge < -0.3 is 74.8 Å². The normalized spacial score (nSPS) is 13.2. The van der Waals surface area contributed by atoms with Crippen LogP contribution in [0, 0.1) is 0 Å². The number of carbonyl (C=O) groups is 6. The highest BCUT2D eigenvalue weighted by Gasteiger charge is 2.26. The number of nitrogens with one attached hydrogen (secondary N) is 3. The van der Waals surface area contributed by atoms with E-state index in [9.17, 15) is 28.8 Å². The van der Waals surface area contributed by atoms with Gasteiger partial charge in [0.1, 0.15) is 12.4 Å². The molecule has 0 saturated heterocycles. The van der Waals surface area contributed by atoms with Gasteiger partial charge in [0.05, 0.1) is 144 Å². The van der Waals surface area contributed by atoms with Gasteiger partial charge in [-0.25, -0.2) is 14.9 Å². The molecule has 1 aromatic carbocycles. The lowest BCUT2D eigenvalue weighted by Gasteiger charge is -2.22. The number of hydrogen-bond donors (Lipinski definition) is 5. The van der Waals surface area contributed by atoms with Gasteiger partial charge in [-0.05, 0) is 24.6 Å². The summed E-state index contributed by atoms with van der Waals surface area (Å²) in [6, 6.07) is 4.35. The average Bonchev–Trinajstić information content (AvgIpc) is 3.55. The van der Waals surface area contributed by atoms with E-state index in [0.29, 0.717) is 155 Å². The lowest BCUT2D eigenvalue weighted by atomic mass is 10.0. The second kappa shape index (κ2) is 38.3. The molecule has 25 nitrogen and oxygen atoms in total. The molecular weight excluding hydrogens is 937 g/mol. The maximum Gasteiger partial charge on any atom is 0.314 e. The molecule has 0 bridgehead atoms. The van der Waals surface area contributed by atoms with Gasteiger partial charge in [-0.3, -0.25) is 33.7 Å². The highest BCUT2D eigenvalue weighted by atomic mass is 16.7. The predicted molar refractivity (Wildman–Crippen MR) is 255 cm³/mol. The summed E-state index contributed by atoms with van der Waals surface area (Å²) in [7, 11) is 0. The number of ether oxygens (including phenoxy) is 10. The summed E-state index contributed by atoms with van der Waals surface area (Å²) in [5, 5.41) is 9.21. The topological polar surface area (TPSA) is 311 Å². The maximum atomic E-state index is 13.4. The summed E-state index contributed by atoms with van der Waals surface area (Å²) in [6.45, 7) is 10.7. The van der Waals surface area contributed by atoms with E-state index in [-0.39, 0.29) is 63.1 Å². The number of carbonyl (C=O) groups excluding carboxylic acids is 6. The maximum absolute atomic E-state index is 13.4. The number of rotatable bonds is 43. The van der Waals surface area contributed by atoms with E-state index in [0.717, 1.165) is 17.1 Å². The van der Waals surface area contributed by atoms with Crippen molar-refractivity contribution >= 4 is 53.2 Å². The van der Waals surface area contributed by atoms with Crippen LogP contribution in [-0.2, 0) is 71.4 Å². The number of primary amides is 1. The fraction of sp³-hybridized carbons (Fsp3) is 0.630. The third-order valence-corrected chi connectivity index (χ3v) is 9.49. The van der Waals surface area contributed by atoms with Crippen molar-refractivity contribution in [2.45, 2.75) is 19.8 Å². The van der Waals surface area contributed by atoms with E-state index in [1.165, 1.54) is 11.1 Å². The molecule has 7 amide bonds.